The summed E-state index contributed by atoms with van der Waals surface area (Å²) in [5, 5.41) is 12.3. The number of oxime groups is 1. The summed E-state index contributed by atoms with van der Waals surface area (Å²) in [4.78, 5) is 5.00. The number of nitrogens with two attached hydrogens (primary N) is 1. The molecule has 1 aromatic rings. The quantitative estimate of drug-likeness (QED) is 0.858. The number of primary sulfonamides is 1. The van der Waals surface area contributed by atoms with Crippen molar-refractivity contribution >= 4 is 27.5 Å². The van der Waals surface area contributed by atoms with Gasteiger partial charge in [-0.15, -0.1) is 0 Å². The summed E-state index contributed by atoms with van der Waals surface area (Å²) in [7, 11) is -2.60. The highest BCUT2D eigenvalue weighted by molar-refractivity contribution is 7.89. The van der Waals surface area contributed by atoms with Crippen LogP contribution in [0.25, 0.3) is 0 Å². The van der Waals surface area contributed by atoms with Crippen LogP contribution in [0.3, 0.4) is 0 Å². The Kier molecular flexibility index (Phi) is 3.70. The fraction of sp³-hybridized carbons (Fsp3) is 0.556. The zero-order valence-electron chi connectivity index (χ0n) is 10.3. The lowest BCUT2D eigenvalue weighted by atomic mass is 10.3. The molecule has 1 unspecified atom stereocenters. The Hall–Kier alpha value is -1.32. The Morgan fingerprint density at radius 2 is 2.26 bits per heavy atom. The van der Waals surface area contributed by atoms with Crippen LogP contribution in [0.2, 0.25) is 5.15 Å². The zero-order valence-corrected chi connectivity index (χ0v) is 11.9. The fourth-order valence-corrected chi connectivity index (χ4v) is 2.90. The summed E-state index contributed by atoms with van der Waals surface area (Å²) in [6, 6.07) is 0. The third-order valence-corrected chi connectivity index (χ3v) is 3.85. The van der Waals surface area contributed by atoms with Gasteiger partial charge in [-0.3, -0.25) is 4.68 Å². The Labute approximate surface area is 115 Å². The van der Waals surface area contributed by atoms with Gasteiger partial charge >= 0.3 is 0 Å². The van der Waals surface area contributed by atoms with E-state index in [1.165, 1.54) is 7.05 Å². The van der Waals surface area contributed by atoms with Gasteiger partial charge in [0.1, 0.15) is 11.7 Å². The lowest BCUT2D eigenvalue weighted by Gasteiger charge is -2.21. The molecular formula is C9H13ClN4O4S. The number of nitrogens with zero attached hydrogens (tertiary/aromatic N) is 3. The molecule has 0 saturated heterocycles. The van der Waals surface area contributed by atoms with Crippen molar-refractivity contribution in [1.82, 2.24) is 9.78 Å². The number of halogens is 1. The second kappa shape index (κ2) is 4.99. The number of sulfonamides is 1. The van der Waals surface area contributed by atoms with Gasteiger partial charge in [0.05, 0.1) is 0 Å². The number of hydrogen-bond donors (Lipinski definition) is 1. The second-order valence-electron chi connectivity index (χ2n) is 3.98. The van der Waals surface area contributed by atoms with Crippen LogP contribution >= 0.6 is 11.6 Å². The Balaban J connectivity index is 2.54. The molecule has 2 heterocycles. The number of aromatic nitrogens is 2. The lowest BCUT2D eigenvalue weighted by Crippen LogP contribution is -2.29. The molecule has 0 saturated carbocycles. The molecular weight excluding hydrogens is 296 g/mol. The van der Waals surface area contributed by atoms with Gasteiger partial charge in [0.15, 0.2) is 16.8 Å². The van der Waals surface area contributed by atoms with E-state index in [1.54, 1.807) is 0 Å². The van der Waals surface area contributed by atoms with E-state index < -0.39 is 10.0 Å². The average molecular weight is 309 g/mol. The minimum absolute atomic E-state index is 0.0183. The fourth-order valence-electron chi connectivity index (χ4n) is 1.68. The molecule has 1 atom stereocenters. The monoisotopic (exact) mass is 308 g/mol. The number of ether oxygens (including phenoxy) is 1. The van der Waals surface area contributed by atoms with E-state index in [2.05, 4.69) is 10.3 Å². The van der Waals surface area contributed by atoms with E-state index in [4.69, 9.17) is 26.3 Å². The normalized spacial score (nSPS) is 19.6. The summed E-state index contributed by atoms with van der Waals surface area (Å²) in [5.74, 6) is -0.0276. The van der Waals surface area contributed by atoms with Crippen molar-refractivity contribution in [2.45, 2.75) is 24.5 Å². The summed E-state index contributed by atoms with van der Waals surface area (Å²) < 4.78 is 29.8. The highest BCUT2D eigenvalue weighted by Gasteiger charge is 2.31. The molecule has 0 bridgehead atoms. The first-order chi connectivity index (χ1) is 8.84. The molecule has 0 radical (unpaired) electrons. The molecule has 0 spiro atoms. The van der Waals surface area contributed by atoms with Gasteiger partial charge in [-0.2, -0.15) is 5.10 Å². The Bertz CT molecular complexity index is 624. The molecule has 2 rings (SSSR count). The molecule has 8 nitrogen and oxygen atoms in total. The second-order valence-corrected chi connectivity index (χ2v) is 5.81. The van der Waals surface area contributed by atoms with Gasteiger partial charge in [0.25, 0.3) is 15.9 Å². The first-order valence-corrected chi connectivity index (χ1v) is 7.39. The first kappa shape index (κ1) is 14.1. The predicted molar refractivity (Wildman–Crippen MR) is 67.2 cm³/mol. The maximum atomic E-state index is 11.6. The van der Waals surface area contributed by atoms with Gasteiger partial charge < -0.3 is 9.57 Å². The SMILES string of the molecule is CCC1CON=C(c2c(Cl)nn(C)c2S(N)(=O)=O)O1. The molecule has 10 heteroatoms. The minimum Gasteiger partial charge on any atom is -0.468 e. The Morgan fingerprint density at radius 3 is 2.84 bits per heavy atom. The van der Waals surface area contributed by atoms with E-state index in [0.29, 0.717) is 13.0 Å². The van der Waals surface area contributed by atoms with Crippen LogP contribution in [0, 0.1) is 0 Å². The summed E-state index contributed by atoms with van der Waals surface area (Å²) >= 11 is 5.91. The summed E-state index contributed by atoms with van der Waals surface area (Å²) in [5.41, 5.74) is 0.0183. The third kappa shape index (κ3) is 2.67. The van der Waals surface area contributed by atoms with Crippen molar-refractivity contribution in [3.05, 3.63) is 10.7 Å². The smallest absolute Gasteiger partial charge is 0.264 e. The molecule has 106 valence electrons. The van der Waals surface area contributed by atoms with Crippen LogP contribution in [-0.2, 0) is 26.6 Å². The van der Waals surface area contributed by atoms with Crippen LogP contribution in [-0.4, -0.2) is 36.8 Å². The molecule has 0 aromatic carbocycles. The molecule has 1 aliphatic rings. The van der Waals surface area contributed by atoms with Crippen molar-refractivity contribution in [2.75, 3.05) is 6.61 Å². The van der Waals surface area contributed by atoms with Crippen LogP contribution in [0.4, 0.5) is 0 Å². The standard InChI is InChI=1S/C9H13ClN4O4S/c1-3-5-4-17-13-8(18-5)6-7(10)12-14(2)9(6)19(11,15)16/h5H,3-4H2,1-2H3,(H2,11,15,16). The molecule has 0 aliphatic carbocycles. The predicted octanol–water partition coefficient (Wildman–Crippen LogP) is 0.208. The van der Waals surface area contributed by atoms with Crippen LogP contribution in [0.15, 0.2) is 10.2 Å². The largest absolute Gasteiger partial charge is 0.468 e. The van der Waals surface area contributed by atoms with Crippen molar-refractivity contribution in [1.29, 1.82) is 0 Å². The molecule has 1 aliphatic heterocycles. The number of rotatable bonds is 3. The van der Waals surface area contributed by atoms with Crippen molar-refractivity contribution < 1.29 is 18.0 Å². The Morgan fingerprint density at radius 1 is 1.58 bits per heavy atom. The molecule has 1 aromatic heterocycles. The zero-order chi connectivity index (χ0) is 14.2. The number of aryl methyl sites for hydroxylation is 1. The van der Waals surface area contributed by atoms with Crippen LogP contribution < -0.4 is 5.14 Å². The highest BCUT2D eigenvalue weighted by Crippen LogP contribution is 2.25. The van der Waals surface area contributed by atoms with Crippen LogP contribution in [0.1, 0.15) is 18.9 Å². The third-order valence-electron chi connectivity index (χ3n) is 2.58. The molecule has 19 heavy (non-hydrogen) atoms. The first-order valence-electron chi connectivity index (χ1n) is 5.46. The topological polar surface area (TPSA) is 109 Å². The maximum absolute atomic E-state index is 11.6. The van der Waals surface area contributed by atoms with Crippen molar-refractivity contribution in [3.63, 3.8) is 0 Å². The van der Waals surface area contributed by atoms with Crippen molar-refractivity contribution in [2.24, 2.45) is 17.3 Å². The highest BCUT2D eigenvalue weighted by atomic mass is 35.5. The molecule has 0 amide bonds. The van der Waals surface area contributed by atoms with E-state index in [1.807, 2.05) is 6.92 Å². The van der Waals surface area contributed by atoms with Gasteiger partial charge in [-0.1, -0.05) is 18.5 Å². The molecule has 2 N–H and O–H groups in total. The van der Waals surface area contributed by atoms with Gasteiger partial charge in [-0.25, -0.2) is 13.6 Å². The van der Waals surface area contributed by atoms with E-state index in [9.17, 15) is 8.42 Å². The summed E-state index contributed by atoms with van der Waals surface area (Å²) in [6.45, 7) is 2.20. The van der Waals surface area contributed by atoms with Crippen molar-refractivity contribution in [3.8, 4) is 0 Å². The van der Waals surface area contributed by atoms with Gasteiger partial charge in [0, 0.05) is 7.05 Å². The van der Waals surface area contributed by atoms with Gasteiger partial charge in [-0.05, 0) is 11.6 Å². The average Bonchev–Trinajstić information content (AvgIpc) is 2.64. The summed E-state index contributed by atoms with van der Waals surface area (Å²) in [6.07, 6.45) is 0.457. The molecule has 0 fully saturated rings. The lowest BCUT2D eigenvalue weighted by molar-refractivity contribution is 0.00900. The van der Waals surface area contributed by atoms with Crippen LogP contribution in [0.5, 0.6) is 0 Å². The van der Waals surface area contributed by atoms with E-state index >= 15 is 0 Å². The number of hydrogen-bond acceptors (Lipinski definition) is 6. The maximum Gasteiger partial charge on any atom is 0.264 e. The van der Waals surface area contributed by atoms with E-state index in [0.717, 1.165) is 4.68 Å². The van der Waals surface area contributed by atoms with E-state index in [-0.39, 0.29) is 27.7 Å². The minimum atomic E-state index is -4.02. The van der Waals surface area contributed by atoms with Gasteiger partial charge in [0.2, 0.25) is 0 Å².